The molecule has 0 radical (unpaired) electrons. The molecule has 0 saturated heterocycles. The van der Waals surface area contributed by atoms with Crippen LogP contribution >= 0.6 is 0 Å². The lowest BCUT2D eigenvalue weighted by Crippen LogP contribution is -2.66. The van der Waals surface area contributed by atoms with Gasteiger partial charge in [-0.15, -0.1) is 0 Å². The molecule has 8 N–H and O–H groups in total. The lowest BCUT2D eigenvalue weighted by Gasteiger charge is -2.49. The number of nitrogens with one attached hydrogen (secondary N) is 1. The standard InChI is InChI=1S/C23H27N3O8/c1-26(2)12-3-4-13(28)15-10(12)7-9-8-11-17(25-5-6-27)19(30)16(22(24)33)21(32)23(11,34)20(31)14(9)18(15)29/h3-4,9,11,17,25,27-29,32,34H,5-8H2,1-2H3,(H2,24,33)/t9-,11-,17?,23-/m0/s1. The van der Waals surface area contributed by atoms with Crippen LogP contribution in [0.25, 0.3) is 5.76 Å². The van der Waals surface area contributed by atoms with Crippen LogP contribution in [0.5, 0.6) is 5.75 Å². The van der Waals surface area contributed by atoms with E-state index in [-0.39, 0.29) is 42.9 Å². The molecule has 0 heterocycles. The number of carbonyl (C=O) groups excluding carboxylic acids is 3. The topological polar surface area (TPSA) is 194 Å². The monoisotopic (exact) mass is 473 g/mol. The highest BCUT2D eigenvalue weighted by atomic mass is 16.3. The third-order valence-corrected chi connectivity index (χ3v) is 7.02. The van der Waals surface area contributed by atoms with Gasteiger partial charge in [-0.3, -0.25) is 14.4 Å². The Hall–Kier alpha value is -3.41. The van der Waals surface area contributed by atoms with Gasteiger partial charge in [0.15, 0.2) is 11.4 Å². The number of fused-ring (bicyclic) bond motifs is 3. The third kappa shape index (κ3) is 3.11. The molecule has 11 heteroatoms. The number of amides is 1. The van der Waals surface area contributed by atoms with E-state index in [2.05, 4.69) is 5.32 Å². The maximum atomic E-state index is 13.7. The highest BCUT2D eigenvalue weighted by Gasteiger charge is 2.63. The Morgan fingerprint density at radius 2 is 1.91 bits per heavy atom. The average Bonchev–Trinajstić information content (AvgIpc) is 2.75. The van der Waals surface area contributed by atoms with Crippen molar-refractivity contribution in [2.75, 3.05) is 32.1 Å². The second-order valence-electron chi connectivity index (χ2n) is 9.06. The average molecular weight is 473 g/mol. The molecule has 0 aromatic heterocycles. The number of carbonyl (C=O) groups is 3. The number of rotatable bonds is 5. The van der Waals surface area contributed by atoms with Crippen LogP contribution in [0, 0.1) is 11.8 Å². The van der Waals surface area contributed by atoms with E-state index in [1.807, 2.05) is 0 Å². The quantitative estimate of drug-likeness (QED) is 0.262. The lowest BCUT2D eigenvalue weighted by molar-refractivity contribution is -0.150. The highest BCUT2D eigenvalue weighted by Crippen LogP contribution is 2.53. The van der Waals surface area contributed by atoms with Gasteiger partial charge in [0.2, 0.25) is 5.78 Å². The summed E-state index contributed by atoms with van der Waals surface area (Å²) in [4.78, 5) is 40.4. The van der Waals surface area contributed by atoms with E-state index < -0.39 is 58.0 Å². The molecule has 4 atom stereocenters. The Balaban J connectivity index is 1.95. The number of Topliss-reactive ketones (excluding diaryl/α,β-unsaturated/α-hetero) is 2. The van der Waals surface area contributed by atoms with E-state index in [0.717, 1.165) is 0 Å². The Kier molecular flexibility index (Phi) is 5.67. The SMILES string of the molecule is CN(C)c1ccc(O)c2c1C[C@H]1C[C@H]3C(NCCO)C(=O)C(C(N)=O)=C(O)[C@@]3(O)C(=O)C1=C2O. The number of primary amides is 1. The van der Waals surface area contributed by atoms with E-state index in [9.17, 15) is 39.9 Å². The minimum atomic E-state index is -2.71. The number of hydrogen-bond donors (Lipinski definition) is 7. The molecule has 0 spiro atoms. The number of aliphatic hydroxyl groups excluding tert-OH is 3. The Morgan fingerprint density at radius 1 is 1.24 bits per heavy atom. The molecule has 4 rings (SSSR count). The van der Waals surface area contributed by atoms with Gasteiger partial charge in [-0.1, -0.05) is 0 Å². The number of phenolic OH excluding ortho intramolecular Hbond substituents is 1. The number of benzene rings is 1. The molecule has 0 aliphatic heterocycles. The predicted octanol–water partition coefficient (Wildman–Crippen LogP) is -0.950. The number of nitrogens with two attached hydrogens (primary N) is 1. The molecule has 34 heavy (non-hydrogen) atoms. The van der Waals surface area contributed by atoms with Crippen LogP contribution in [-0.4, -0.2) is 81.9 Å². The summed E-state index contributed by atoms with van der Waals surface area (Å²) in [5, 5.41) is 55.8. The van der Waals surface area contributed by atoms with Crippen molar-refractivity contribution in [3.05, 3.63) is 40.2 Å². The Bertz CT molecular complexity index is 1170. The number of hydrogen-bond acceptors (Lipinski definition) is 10. The lowest BCUT2D eigenvalue weighted by atomic mass is 9.57. The normalized spacial score (nSPS) is 28.4. The fourth-order valence-corrected chi connectivity index (χ4v) is 5.53. The molecule has 1 aromatic rings. The molecule has 3 aliphatic carbocycles. The maximum Gasteiger partial charge on any atom is 0.255 e. The zero-order chi connectivity index (χ0) is 25.1. The van der Waals surface area contributed by atoms with Crippen molar-refractivity contribution in [2.45, 2.75) is 24.5 Å². The summed E-state index contributed by atoms with van der Waals surface area (Å²) in [7, 11) is 3.58. The smallest absolute Gasteiger partial charge is 0.255 e. The number of ketones is 2. The summed E-state index contributed by atoms with van der Waals surface area (Å²) in [6.07, 6.45) is 0.192. The van der Waals surface area contributed by atoms with Crippen LogP contribution in [0.1, 0.15) is 17.5 Å². The first-order valence-corrected chi connectivity index (χ1v) is 10.8. The van der Waals surface area contributed by atoms with Crippen LogP contribution in [0.4, 0.5) is 5.69 Å². The maximum absolute atomic E-state index is 13.7. The third-order valence-electron chi connectivity index (χ3n) is 7.02. The molecule has 1 amide bonds. The minimum Gasteiger partial charge on any atom is -0.508 e. The molecular formula is C23H27N3O8. The number of phenols is 1. The van der Waals surface area contributed by atoms with Gasteiger partial charge in [-0.05, 0) is 36.5 Å². The molecule has 11 nitrogen and oxygen atoms in total. The van der Waals surface area contributed by atoms with Crippen LogP contribution in [-0.2, 0) is 20.8 Å². The zero-order valence-corrected chi connectivity index (χ0v) is 18.7. The molecular weight excluding hydrogens is 446 g/mol. The first-order valence-electron chi connectivity index (χ1n) is 10.8. The Labute approximate surface area is 194 Å². The van der Waals surface area contributed by atoms with Gasteiger partial charge in [0.05, 0.1) is 18.2 Å². The summed E-state index contributed by atoms with van der Waals surface area (Å²) in [6.45, 7) is -0.442. The summed E-state index contributed by atoms with van der Waals surface area (Å²) in [5.74, 6) is -7.09. The van der Waals surface area contributed by atoms with Crippen LogP contribution in [0.15, 0.2) is 29.0 Å². The predicted molar refractivity (Wildman–Crippen MR) is 120 cm³/mol. The molecule has 3 aliphatic rings. The minimum absolute atomic E-state index is 0.0193. The molecule has 182 valence electrons. The van der Waals surface area contributed by atoms with Gasteiger partial charge in [-0.2, -0.15) is 0 Å². The molecule has 1 fully saturated rings. The summed E-state index contributed by atoms with van der Waals surface area (Å²) >= 11 is 0. The van der Waals surface area contributed by atoms with Crippen LogP contribution in [0.3, 0.4) is 0 Å². The second-order valence-corrected chi connectivity index (χ2v) is 9.06. The van der Waals surface area contributed by atoms with Crippen molar-refractivity contribution in [1.29, 1.82) is 0 Å². The van der Waals surface area contributed by atoms with Crippen molar-refractivity contribution in [2.24, 2.45) is 17.6 Å². The van der Waals surface area contributed by atoms with Crippen molar-refractivity contribution in [3.8, 4) is 5.75 Å². The van der Waals surface area contributed by atoms with Crippen molar-refractivity contribution >= 4 is 28.9 Å². The van der Waals surface area contributed by atoms with Crippen molar-refractivity contribution in [1.82, 2.24) is 5.32 Å². The van der Waals surface area contributed by atoms with Crippen molar-refractivity contribution < 1.29 is 39.9 Å². The molecule has 1 unspecified atom stereocenters. The first kappa shape index (κ1) is 23.7. The molecule has 1 saturated carbocycles. The van der Waals surface area contributed by atoms with E-state index in [1.165, 1.54) is 6.07 Å². The van der Waals surface area contributed by atoms with Gasteiger partial charge >= 0.3 is 0 Å². The number of aromatic hydroxyl groups is 1. The van der Waals surface area contributed by atoms with E-state index in [4.69, 9.17) is 5.73 Å². The highest BCUT2D eigenvalue weighted by molar-refractivity contribution is 6.24. The van der Waals surface area contributed by atoms with E-state index in [1.54, 1.807) is 25.1 Å². The van der Waals surface area contributed by atoms with E-state index >= 15 is 0 Å². The molecule has 1 aromatic carbocycles. The number of aliphatic hydroxyl groups is 4. The Morgan fingerprint density at radius 3 is 2.50 bits per heavy atom. The van der Waals surface area contributed by atoms with Gasteiger partial charge in [0.25, 0.3) is 5.91 Å². The second kappa shape index (κ2) is 8.12. The fourth-order valence-electron chi connectivity index (χ4n) is 5.53. The van der Waals surface area contributed by atoms with Crippen molar-refractivity contribution in [3.63, 3.8) is 0 Å². The largest absolute Gasteiger partial charge is 0.508 e. The van der Waals surface area contributed by atoms with Crippen LogP contribution in [0.2, 0.25) is 0 Å². The zero-order valence-electron chi connectivity index (χ0n) is 18.7. The summed E-state index contributed by atoms with van der Waals surface area (Å²) in [6, 6.07) is 1.77. The van der Waals surface area contributed by atoms with Crippen LogP contribution < -0.4 is 16.0 Å². The number of nitrogens with zero attached hydrogens (tertiary/aromatic N) is 1. The first-order chi connectivity index (χ1) is 16.0. The van der Waals surface area contributed by atoms with Gasteiger partial charge in [0.1, 0.15) is 22.8 Å². The molecule has 0 bridgehead atoms. The van der Waals surface area contributed by atoms with E-state index in [0.29, 0.717) is 11.3 Å². The van der Waals surface area contributed by atoms with Gasteiger partial charge in [-0.25, -0.2) is 0 Å². The number of anilines is 1. The summed E-state index contributed by atoms with van der Waals surface area (Å²) in [5.41, 5.74) is 2.80. The van der Waals surface area contributed by atoms with Gasteiger partial charge in [0, 0.05) is 37.8 Å². The van der Waals surface area contributed by atoms with Gasteiger partial charge < -0.3 is 41.5 Å². The summed E-state index contributed by atoms with van der Waals surface area (Å²) < 4.78 is 0. The fraction of sp³-hybridized carbons (Fsp3) is 0.435.